The van der Waals surface area contributed by atoms with Crippen molar-refractivity contribution in [1.82, 2.24) is 20.6 Å². The second kappa shape index (κ2) is 7.19. The van der Waals surface area contributed by atoms with Gasteiger partial charge in [0.15, 0.2) is 0 Å². The summed E-state index contributed by atoms with van der Waals surface area (Å²) in [6, 6.07) is 5.09. The van der Waals surface area contributed by atoms with Gasteiger partial charge < -0.3 is 10.1 Å². The number of hydrogen-bond acceptors (Lipinski definition) is 7. The van der Waals surface area contributed by atoms with E-state index in [1.165, 1.54) is 19.4 Å². The molecule has 0 saturated carbocycles. The number of benzene rings is 1. The van der Waals surface area contributed by atoms with Crippen LogP contribution in [-0.2, 0) is 4.74 Å². The van der Waals surface area contributed by atoms with Crippen molar-refractivity contribution in [1.29, 1.82) is 5.26 Å². The highest BCUT2D eigenvalue weighted by atomic mass is 127. The number of aromatic nitrogens is 4. The largest absolute Gasteiger partial charge is 0.465 e. The van der Waals surface area contributed by atoms with E-state index in [9.17, 15) is 4.79 Å². The minimum atomic E-state index is -0.547. The molecule has 0 saturated heterocycles. The molecule has 2 N–H and O–H groups in total. The number of nitrogens with zero attached hydrogens (tertiary/aromatic N) is 4. The number of methoxy groups -OCH3 is 1. The second-order valence-corrected chi connectivity index (χ2v) is 5.45. The van der Waals surface area contributed by atoms with E-state index in [0.29, 0.717) is 14.3 Å². The Morgan fingerprint density at radius 2 is 2.36 bits per heavy atom. The van der Waals surface area contributed by atoms with Crippen molar-refractivity contribution < 1.29 is 9.53 Å². The number of allylic oxidation sites excluding steroid dienone is 1. The number of halogens is 2. The molecule has 0 fully saturated rings. The number of ether oxygens (including phenoxy) is 1. The number of nitrogens with one attached hydrogen (secondary N) is 2. The Labute approximate surface area is 143 Å². The standard InChI is InChI=1S/C12H8ClIN6O2/c1-22-12(21)8-2-7(13)3-9(14)10(8)16-5-6(4-15)11-17-19-20-18-11/h2-3,5,16H,1H3,(H,17,18,19,20). The van der Waals surface area contributed by atoms with Gasteiger partial charge in [0.05, 0.1) is 18.4 Å². The van der Waals surface area contributed by atoms with Gasteiger partial charge in [-0.25, -0.2) is 4.79 Å². The number of hydrogen-bond donors (Lipinski definition) is 2. The van der Waals surface area contributed by atoms with Crippen molar-refractivity contribution in [3.63, 3.8) is 0 Å². The lowest BCUT2D eigenvalue weighted by atomic mass is 10.1. The predicted octanol–water partition coefficient (Wildman–Crippen LogP) is 2.22. The average Bonchev–Trinajstić information content (AvgIpc) is 3.02. The zero-order chi connectivity index (χ0) is 16.1. The SMILES string of the molecule is COC(=O)c1cc(Cl)cc(I)c1NC=C(C#N)c1nn[nH]n1. The van der Waals surface area contributed by atoms with Crippen LogP contribution in [0.2, 0.25) is 5.02 Å². The minimum absolute atomic E-state index is 0.138. The zero-order valence-electron chi connectivity index (χ0n) is 11.1. The molecule has 2 aromatic rings. The molecule has 112 valence electrons. The molecule has 8 nitrogen and oxygen atoms in total. The Morgan fingerprint density at radius 1 is 1.59 bits per heavy atom. The van der Waals surface area contributed by atoms with Gasteiger partial charge in [0, 0.05) is 14.8 Å². The van der Waals surface area contributed by atoms with Crippen molar-refractivity contribution in [3.05, 3.63) is 38.3 Å². The normalized spacial score (nSPS) is 10.9. The summed E-state index contributed by atoms with van der Waals surface area (Å²) in [6.45, 7) is 0. The third kappa shape index (κ3) is 3.52. The van der Waals surface area contributed by atoms with E-state index >= 15 is 0 Å². The first kappa shape index (κ1) is 16.2. The topological polar surface area (TPSA) is 117 Å². The number of esters is 1. The number of aromatic amines is 1. The molecule has 0 unspecified atom stereocenters. The van der Waals surface area contributed by atoms with Crippen molar-refractivity contribution in [3.8, 4) is 6.07 Å². The summed E-state index contributed by atoms with van der Waals surface area (Å²) in [5, 5.41) is 25.5. The van der Waals surface area contributed by atoms with Gasteiger partial charge >= 0.3 is 5.97 Å². The molecule has 0 spiro atoms. The van der Waals surface area contributed by atoms with Crippen LogP contribution in [0.1, 0.15) is 16.2 Å². The van der Waals surface area contributed by atoms with Crippen LogP contribution in [0.25, 0.3) is 5.57 Å². The molecule has 0 aliphatic carbocycles. The molecule has 0 aliphatic rings. The fourth-order valence-corrected chi connectivity index (χ4v) is 2.74. The Hall–Kier alpha value is -2.19. The summed E-state index contributed by atoms with van der Waals surface area (Å²) >= 11 is 7.97. The molecule has 1 heterocycles. The molecule has 0 radical (unpaired) electrons. The van der Waals surface area contributed by atoms with Gasteiger partial charge in [-0.05, 0) is 39.9 Å². The highest BCUT2D eigenvalue weighted by molar-refractivity contribution is 14.1. The first-order chi connectivity index (χ1) is 10.6. The lowest BCUT2D eigenvalue weighted by Crippen LogP contribution is -2.07. The molecule has 2 rings (SSSR count). The van der Waals surface area contributed by atoms with Crippen LogP contribution < -0.4 is 5.32 Å². The lowest BCUT2D eigenvalue weighted by Gasteiger charge is -2.11. The van der Waals surface area contributed by atoms with E-state index in [4.69, 9.17) is 21.6 Å². The van der Waals surface area contributed by atoms with Gasteiger partial charge in [-0.1, -0.05) is 11.6 Å². The fraction of sp³-hybridized carbons (Fsp3) is 0.0833. The Bertz CT molecular complexity index is 769. The summed E-state index contributed by atoms with van der Waals surface area (Å²) in [5.74, 6) is -0.409. The number of carbonyl (C=O) groups is 1. The molecule has 10 heteroatoms. The second-order valence-electron chi connectivity index (χ2n) is 3.85. The number of rotatable bonds is 4. The first-order valence-electron chi connectivity index (χ1n) is 5.74. The lowest BCUT2D eigenvalue weighted by molar-refractivity contribution is 0.0602. The molecule has 1 aromatic heterocycles. The van der Waals surface area contributed by atoms with Crippen molar-refractivity contribution in [2.24, 2.45) is 0 Å². The van der Waals surface area contributed by atoms with Crippen LogP contribution in [0.5, 0.6) is 0 Å². The third-order valence-corrected chi connectivity index (χ3v) is 3.60. The van der Waals surface area contributed by atoms with E-state index in [1.54, 1.807) is 6.07 Å². The number of H-pyrrole nitrogens is 1. The number of anilines is 1. The Morgan fingerprint density at radius 3 is 2.95 bits per heavy atom. The van der Waals surface area contributed by atoms with Crippen LogP contribution in [0.3, 0.4) is 0 Å². The quantitative estimate of drug-likeness (QED) is 0.434. The molecule has 0 aliphatic heterocycles. The van der Waals surface area contributed by atoms with Crippen LogP contribution in [0, 0.1) is 14.9 Å². The first-order valence-corrected chi connectivity index (χ1v) is 7.20. The van der Waals surface area contributed by atoms with E-state index in [-0.39, 0.29) is 17.0 Å². The van der Waals surface area contributed by atoms with Crippen LogP contribution in [-0.4, -0.2) is 33.7 Å². The molecule has 1 aromatic carbocycles. The van der Waals surface area contributed by atoms with Gasteiger partial charge in [-0.2, -0.15) is 10.5 Å². The van der Waals surface area contributed by atoms with Gasteiger partial charge in [-0.3, -0.25) is 0 Å². The van der Waals surface area contributed by atoms with Crippen molar-refractivity contribution in [2.75, 3.05) is 12.4 Å². The Balaban J connectivity index is 2.41. The number of nitriles is 1. The monoisotopic (exact) mass is 430 g/mol. The predicted molar refractivity (Wildman–Crippen MR) is 86.9 cm³/mol. The molecule has 22 heavy (non-hydrogen) atoms. The molecule has 0 atom stereocenters. The highest BCUT2D eigenvalue weighted by Crippen LogP contribution is 2.28. The smallest absolute Gasteiger partial charge is 0.340 e. The highest BCUT2D eigenvalue weighted by Gasteiger charge is 2.16. The zero-order valence-corrected chi connectivity index (χ0v) is 14.0. The van der Waals surface area contributed by atoms with E-state index in [2.05, 4.69) is 25.9 Å². The molecule has 0 amide bonds. The third-order valence-electron chi connectivity index (χ3n) is 2.53. The summed E-state index contributed by atoms with van der Waals surface area (Å²) in [5.41, 5.74) is 0.865. The summed E-state index contributed by atoms with van der Waals surface area (Å²) in [6.07, 6.45) is 1.38. The molecule has 0 bridgehead atoms. The minimum Gasteiger partial charge on any atom is -0.465 e. The van der Waals surface area contributed by atoms with E-state index in [1.807, 2.05) is 28.7 Å². The van der Waals surface area contributed by atoms with Crippen molar-refractivity contribution in [2.45, 2.75) is 0 Å². The van der Waals surface area contributed by atoms with Gasteiger partial charge in [0.2, 0.25) is 5.82 Å². The molecular formula is C12H8ClIN6O2. The molecular weight excluding hydrogens is 423 g/mol. The number of carbonyl (C=O) groups excluding carboxylic acids is 1. The van der Waals surface area contributed by atoms with Gasteiger partial charge in [-0.15, -0.1) is 10.2 Å². The van der Waals surface area contributed by atoms with E-state index < -0.39 is 5.97 Å². The van der Waals surface area contributed by atoms with Crippen LogP contribution in [0.4, 0.5) is 5.69 Å². The maximum Gasteiger partial charge on any atom is 0.340 e. The van der Waals surface area contributed by atoms with Crippen LogP contribution in [0.15, 0.2) is 18.3 Å². The van der Waals surface area contributed by atoms with Gasteiger partial charge in [0.1, 0.15) is 11.6 Å². The van der Waals surface area contributed by atoms with Crippen LogP contribution >= 0.6 is 34.2 Å². The summed E-state index contributed by atoms with van der Waals surface area (Å²) in [7, 11) is 1.27. The number of tetrazole rings is 1. The Kier molecular flexibility index (Phi) is 5.29. The van der Waals surface area contributed by atoms with E-state index in [0.717, 1.165) is 0 Å². The summed E-state index contributed by atoms with van der Waals surface area (Å²) < 4.78 is 5.41. The maximum absolute atomic E-state index is 11.8. The average molecular weight is 431 g/mol. The van der Waals surface area contributed by atoms with Crippen molar-refractivity contribution >= 4 is 51.4 Å². The maximum atomic E-state index is 11.8. The fourth-order valence-electron chi connectivity index (χ4n) is 1.56. The summed E-state index contributed by atoms with van der Waals surface area (Å²) in [4.78, 5) is 11.8. The van der Waals surface area contributed by atoms with Gasteiger partial charge in [0.25, 0.3) is 0 Å².